The molecule has 8 heteroatoms. The summed E-state index contributed by atoms with van der Waals surface area (Å²) < 4.78 is 4.26. The molecule has 3 saturated heterocycles. The van der Waals surface area contributed by atoms with Crippen molar-refractivity contribution in [2.75, 3.05) is 19.8 Å². The maximum Gasteiger partial charge on any atom is 0.311 e. The molecule has 0 saturated carbocycles. The van der Waals surface area contributed by atoms with E-state index in [2.05, 4.69) is 20.1 Å². The van der Waals surface area contributed by atoms with Gasteiger partial charge in [0, 0.05) is 17.3 Å². The molecule has 0 aromatic rings. The summed E-state index contributed by atoms with van der Waals surface area (Å²) in [5.41, 5.74) is 0. The van der Waals surface area contributed by atoms with Gasteiger partial charge >= 0.3 is 5.97 Å². The third kappa shape index (κ3) is 4.11. The van der Waals surface area contributed by atoms with Crippen LogP contribution in [0.25, 0.3) is 0 Å². The number of carbonyl (C=O) groups is 3. The minimum atomic E-state index is -0.731. The molecule has 0 aromatic carbocycles. The Morgan fingerprint density at radius 3 is 2.59 bits per heavy atom. The molecule has 190 valence electrons. The van der Waals surface area contributed by atoms with E-state index < -0.39 is 39.4 Å². The SMILES string of the molecule is C=CCOC(=O)[C@H]1[C@H]2C(=O)N([C@@H](CC)CO)C(C(=O)N(CC=C)C(C)CCC)C23CC[C@]1(C)S3. The molecule has 3 heterocycles. The van der Waals surface area contributed by atoms with Gasteiger partial charge in [-0.3, -0.25) is 14.4 Å². The maximum atomic E-state index is 14.3. The molecular formula is C26H40N2O5S. The second kappa shape index (κ2) is 10.4. The lowest BCUT2D eigenvalue weighted by molar-refractivity contribution is -0.155. The number of aliphatic hydroxyl groups is 1. The second-order valence-electron chi connectivity index (χ2n) is 10.1. The number of amides is 2. The number of aliphatic hydroxyl groups excluding tert-OH is 1. The molecule has 3 fully saturated rings. The summed E-state index contributed by atoms with van der Waals surface area (Å²) in [6, 6.07) is -1.22. The topological polar surface area (TPSA) is 87.1 Å². The first-order valence-corrected chi connectivity index (χ1v) is 13.3. The normalized spacial score (nSPS) is 33.4. The van der Waals surface area contributed by atoms with E-state index >= 15 is 0 Å². The van der Waals surface area contributed by atoms with Crippen LogP contribution < -0.4 is 0 Å². The van der Waals surface area contributed by atoms with E-state index in [-0.39, 0.29) is 31.1 Å². The molecule has 3 aliphatic rings. The van der Waals surface area contributed by atoms with E-state index in [1.165, 1.54) is 6.08 Å². The van der Waals surface area contributed by atoms with Crippen LogP contribution in [0.2, 0.25) is 0 Å². The number of hydrogen-bond acceptors (Lipinski definition) is 6. The summed E-state index contributed by atoms with van der Waals surface area (Å²) >= 11 is 1.62. The molecule has 0 aliphatic carbocycles. The van der Waals surface area contributed by atoms with Gasteiger partial charge in [0.15, 0.2) is 0 Å². The predicted octanol–water partition coefficient (Wildman–Crippen LogP) is 3.17. The summed E-state index contributed by atoms with van der Waals surface area (Å²) in [4.78, 5) is 45.0. The number of hydrogen-bond donors (Lipinski definition) is 1. The fourth-order valence-corrected chi connectivity index (χ4v) is 8.72. The first-order valence-electron chi connectivity index (χ1n) is 12.5. The van der Waals surface area contributed by atoms with Crippen molar-refractivity contribution < 1.29 is 24.2 Å². The van der Waals surface area contributed by atoms with Crippen molar-refractivity contribution in [1.82, 2.24) is 9.80 Å². The Bertz CT molecular complexity index is 830. The Balaban J connectivity index is 2.11. The highest BCUT2D eigenvalue weighted by molar-refractivity contribution is 8.02. The third-order valence-electron chi connectivity index (χ3n) is 7.97. The largest absolute Gasteiger partial charge is 0.461 e. The highest BCUT2D eigenvalue weighted by Crippen LogP contribution is 2.71. The third-order valence-corrected chi connectivity index (χ3v) is 9.95. The summed E-state index contributed by atoms with van der Waals surface area (Å²) in [5.74, 6) is -1.99. The Morgan fingerprint density at radius 1 is 1.32 bits per heavy atom. The van der Waals surface area contributed by atoms with Crippen LogP contribution >= 0.6 is 11.8 Å². The van der Waals surface area contributed by atoms with E-state index in [1.54, 1.807) is 22.7 Å². The van der Waals surface area contributed by atoms with E-state index in [0.717, 1.165) is 19.3 Å². The Kier molecular flexibility index (Phi) is 8.23. The molecular weight excluding hydrogens is 452 g/mol. The number of esters is 1. The quantitative estimate of drug-likeness (QED) is 0.333. The van der Waals surface area contributed by atoms with Crippen LogP contribution in [-0.4, -0.2) is 80.1 Å². The Labute approximate surface area is 208 Å². The van der Waals surface area contributed by atoms with Crippen molar-refractivity contribution in [2.24, 2.45) is 11.8 Å². The molecule has 0 radical (unpaired) electrons. The van der Waals surface area contributed by atoms with Crippen molar-refractivity contribution in [2.45, 2.75) is 87.4 Å². The van der Waals surface area contributed by atoms with Gasteiger partial charge in [0.25, 0.3) is 0 Å². The van der Waals surface area contributed by atoms with Gasteiger partial charge in [-0.05, 0) is 39.5 Å². The van der Waals surface area contributed by atoms with Crippen LogP contribution in [-0.2, 0) is 19.1 Å². The first kappa shape index (κ1) is 26.8. The van der Waals surface area contributed by atoms with E-state index in [9.17, 15) is 19.5 Å². The first-order chi connectivity index (χ1) is 16.2. The molecule has 2 bridgehead atoms. The average molecular weight is 493 g/mol. The van der Waals surface area contributed by atoms with Gasteiger partial charge in [-0.25, -0.2) is 0 Å². The van der Waals surface area contributed by atoms with Crippen LogP contribution in [0.3, 0.4) is 0 Å². The lowest BCUT2D eigenvalue weighted by atomic mass is 9.66. The van der Waals surface area contributed by atoms with Crippen LogP contribution in [0.4, 0.5) is 0 Å². The number of likely N-dealkylation sites (tertiary alicyclic amines) is 1. The van der Waals surface area contributed by atoms with Gasteiger partial charge in [-0.15, -0.1) is 18.3 Å². The zero-order valence-electron chi connectivity index (χ0n) is 21.0. The van der Waals surface area contributed by atoms with Gasteiger partial charge < -0.3 is 19.6 Å². The average Bonchev–Trinajstić information content (AvgIpc) is 3.37. The van der Waals surface area contributed by atoms with Gasteiger partial charge in [-0.2, -0.15) is 0 Å². The second-order valence-corrected chi connectivity index (χ2v) is 12.0. The molecule has 0 aromatic heterocycles. The lowest BCUT2D eigenvalue weighted by Crippen LogP contribution is -2.58. The minimum Gasteiger partial charge on any atom is -0.461 e. The molecule has 7 atom stereocenters. The maximum absolute atomic E-state index is 14.3. The van der Waals surface area contributed by atoms with Gasteiger partial charge in [0.05, 0.1) is 29.2 Å². The van der Waals surface area contributed by atoms with Crippen LogP contribution in [0.5, 0.6) is 0 Å². The molecule has 7 nitrogen and oxygen atoms in total. The number of carbonyl (C=O) groups excluding carboxylic acids is 3. The monoisotopic (exact) mass is 492 g/mol. The lowest BCUT2D eigenvalue weighted by Gasteiger charge is -2.41. The predicted molar refractivity (Wildman–Crippen MR) is 134 cm³/mol. The summed E-state index contributed by atoms with van der Waals surface area (Å²) in [5, 5.41) is 10.2. The molecule has 3 aliphatic heterocycles. The minimum absolute atomic E-state index is 0.00958. The van der Waals surface area contributed by atoms with Crippen molar-refractivity contribution in [1.29, 1.82) is 0 Å². The standard InChI is InChI=1S/C26H40N2O5S/c1-7-11-17(5)27(14-8-2)23(31)21-26-13-12-25(6,34-26)20(24(32)33-15-9-3)19(26)22(30)28(21)18(10-4)16-29/h8-9,17-21,29H,2-3,7,10-16H2,1,4-6H3/t17?,18-,19-,20+,21?,25-,26?/m0/s1. The number of ether oxygens (including phenoxy) is 1. The van der Waals surface area contributed by atoms with E-state index in [1.807, 2.05) is 25.7 Å². The van der Waals surface area contributed by atoms with Crippen molar-refractivity contribution in [3.05, 3.63) is 25.3 Å². The fraction of sp³-hybridized carbons (Fsp3) is 0.731. The number of fused-ring (bicyclic) bond motifs is 1. The summed E-state index contributed by atoms with van der Waals surface area (Å²) in [7, 11) is 0. The molecule has 34 heavy (non-hydrogen) atoms. The number of nitrogens with zero attached hydrogens (tertiary/aromatic N) is 2. The molecule has 3 unspecified atom stereocenters. The van der Waals surface area contributed by atoms with Crippen molar-refractivity contribution >= 4 is 29.5 Å². The molecule has 2 amide bonds. The Morgan fingerprint density at radius 2 is 2.03 bits per heavy atom. The smallest absolute Gasteiger partial charge is 0.311 e. The van der Waals surface area contributed by atoms with Crippen molar-refractivity contribution in [3.8, 4) is 0 Å². The highest BCUT2D eigenvalue weighted by Gasteiger charge is 2.78. The fourth-order valence-electron chi connectivity index (χ4n) is 6.40. The van der Waals surface area contributed by atoms with Gasteiger partial charge in [-0.1, -0.05) is 39.0 Å². The van der Waals surface area contributed by atoms with E-state index in [0.29, 0.717) is 19.4 Å². The van der Waals surface area contributed by atoms with E-state index in [4.69, 9.17) is 4.74 Å². The Hall–Kier alpha value is -1.80. The molecule has 3 rings (SSSR count). The zero-order chi connectivity index (χ0) is 25.3. The summed E-state index contributed by atoms with van der Waals surface area (Å²) in [6.07, 6.45) is 6.95. The molecule has 1 spiro atoms. The zero-order valence-corrected chi connectivity index (χ0v) is 21.8. The van der Waals surface area contributed by atoms with Crippen LogP contribution in [0, 0.1) is 11.8 Å². The molecule has 1 N–H and O–H groups in total. The van der Waals surface area contributed by atoms with Crippen LogP contribution in [0.1, 0.15) is 59.8 Å². The van der Waals surface area contributed by atoms with Gasteiger partial charge in [0.1, 0.15) is 12.6 Å². The number of rotatable bonds is 12. The highest BCUT2D eigenvalue weighted by atomic mass is 32.2. The van der Waals surface area contributed by atoms with Crippen molar-refractivity contribution in [3.63, 3.8) is 0 Å². The number of thioether (sulfide) groups is 1. The summed E-state index contributed by atoms with van der Waals surface area (Å²) in [6.45, 7) is 15.8. The van der Waals surface area contributed by atoms with Crippen LogP contribution in [0.15, 0.2) is 25.3 Å². The van der Waals surface area contributed by atoms with Gasteiger partial charge in [0.2, 0.25) is 11.8 Å².